The lowest BCUT2D eigenvalue weighted by molar-refractivity contribution is 0.476. The number of aliphatic hydroxyl groups is 1. The average Bonchev–Trinajstić information content (AvgIpc) is 3.08. The number of hydrogen-bond acceptors (Lipinski definition) is 4. The van der Waals surface area contributed by atoms with Gasteiger partial charge in [-0.3, -0.25) is 0 Å². The van der Waals surface area contributed by atoms with Gasteiger partial charge in [0.2, 0.25) is 0 Å². The van der Waals surface area contributed by atoms with Crippen LogP contribution < -0.4 is 4.90 Å². The van der Waals surface area contributed by atoms with E-state index in [1.54, 1.807) is 12.5 Å². The molecule has 0 amide bonds. The number of nitrogens with zero attached hydrogens (tertiary/aromatic N) is 5. The zero-order valence-electron chi connectivity index (χ0n) is 16.1. The molecule has 6 heteroatoms. The summed E-state index contributed by atoms with van der Waals surface area (Å²) in [4.78, 5) is 15.1. The lowest BCUT2D eigenvalue weighted by atomic mass is 10.0. The largest absolute Gasteiger partial charge is 0.514 e. The summed E-state index contributed by atoms with van der Waals surface area (Å²) in [6.07, 6.45) is 5.49. The van der Waals surface area contributed by atoms with E-state index >= 15 is 0 Å². The number of allylic oxidation sites excluding steroid dienone is 1. The molecule has 0 bridgehead atoms. The molecule has 0 fully saturated rings. The van der Waals surface area contributed by atoms with Gasteiger partial charge in [0, 0.05) is 38.3 Å². The van der Waals surface area contributed by atoms with Gasteiger partial charge in [0.15, 0.2) is 0 Å². The average molecular weight is 362 g/mol. The van der Waals surface area contributed by atoms with Crippen molar-refractivity contribution in [2.45, 2.75) is 20.3 Å². The van der Waals surface area contributed by atoms with Gasteiger partial charge in [-0.25, -0.2) is 9.97 Å². The molecule has 0 unspecified atom stereocenters. The van der Waals surface area contributed by atoms with Gasteiger partial charge in [-0.2, -0.15) is 0 Å². The van der Waals surface area contributed by atoms with Crippen LogP contribution in [0.5, 0.6) is 0 Å². The van der Waals surface area contributed by atoms with Crippen LogP contribution in [-0.4, -0.2) is 33.2 Å². The second-order valence-electron chi connectivity index (χ2n) is 6.27. The minimum absolute atomic E-state index is 0.579. The smallest absolute Gasteiger partial charge is 0.314 e. The number of aromatic nitrogens is 3. The summed E-state index contributed by atoms with van der Waals surface area (Å²) in [5, 5.41) is 9.52. The predicted molar refractivity (Wildman–Crippen MR) is 111 cm³/mol. The highest BCUT2D eigenvalue weighted by Gasteiger charge is 2.14. The quantitative estimate of drug-likeness (QED) is 0.546. The molecule has 0 aliphatic carbocycles. The molecule has 0 saturated carbocycles. The standard InChI is InChI=1S/C21H23N5O/c1-5-15-9-16(17(13-27)11-22-6-2)7-8-19(15)26(4)21-10-20-18(12-23-21)24-14-25(20)3/h7-10,12-14H,5-6H2,1-4H3/p+1. The molecule has 138 valence electrons. The minimum atomic E-state index is 0.579. The Labute approximate surface area is 159 Å². The van der Waals surface area contributed by atoms with Crippen molar-refractivity contribution in [1.29, 1.82) is 0 Å². The topological polar surface area (TPSA) is 58.5 Å². The van der Waals surface area contributed by atoms with Gasteiger partial charge in [0.25, 0.3) is 6.54 Å². The van der Waals surface area contributed by atoms with Gasteiger partial charge in [0.1, 0.15) is 23.2 Å². The normalized spacial score (nSPS) is 11.3. The number of imidazole rings is 1. The van der Waals surface area contributed by atoms with Crippen LogP contribution in [0.2, 0.25) is 0 Å². The number of anilines is 2. The van der Waals surface area contributed by atoms with Crippen LogP contribution in [0.15, 0.2) is 43.1 Å². The fraction of sp³-hybridized carbons (Fsp3) is 0.286. The van der Waals surface area contributed by atoms with Gasteiger partial charge in [-0.15, -0.1) is 0 Å². The molecule has 1 N–H and O–H groups in total. The molecule has 0 spiro atoms. The number of rotatable bonds is 4. The molecule has 0 aliphatic rings. The van der Waals surface area contributed by atoms with Crippen LogP contribution >= 0.6 is 0 Å². The Morgan fingerprint density at radius 3 is 2.81 bits per heavy atom. The fourth-order valence-corrected chi connectivity index (χ4v) is 3.02. The van der Waals surface area contributed by atoms with Crippen molar-refractivity contribution in [3.8, 4) is 6.07 Å². The van der Waals surface area contributed by atoms with Crippen molar-refractivity contribution in [3.05, 3.63) is 59.0 Å². The van der Waals surface area contributed by atoms with Crippen molar-refractivity contribution in [2.75, 3.05) is 18.5 Å². The maximum absolute atomic E-state index is 9.52. The molecule has 0 atom stereocenters. The number of aryl methyl sites for hydroxylation is 2. The Kier molecular flexibility index (Phi) is 5.41. The molecule has 2 aromatic heterocycles. The first-order valence-electron chi connectivity index (χ1n) is 9.00. The van der Waals surface area contributed by atoms with Crippen LogP contribution in [0.4, 0.5) is 11.5 Å². The van der Waals surface area contributed by atoms with Crippen molar-refractivity contribution < 1.29 is 5.11 Å². The first kappa shape index (κ1) is 18.5. The van der Waals surface area contributed by atoms with E-state index in [0.717, 1.165) is 46.3 Å². The number of pyridine rings is 1. The number of benzene rings is 1. The molecule has 3 rings (SSSR count). The van der Waals surface area contributed by atoms with E-state index in [1.165, 1.54) is 0 Å². The second kappa shape index (κ2) is 7.92. The van der Waals surface area contributed by atoms with Crippen LogP contribution in [0.25, 0.3) is 21.5 Å². The molecular formula is C21H24N5O+. The summed E-state index contributed by atoms with van der Waals surface area (Å²) < 4.78 is 1.99. The molecule has 6 nitrogen and oxygen atoms in total. The van der Waals surface area contributed by atoms with E-state index < -0.39 is 0 Å². The predicted octanol–water partition coefficient (Wildman–Crippen LogP) is 4.55. The summed E-state index contributed by atoms with van der Waals surface area (Å²) in [6, 6.07) is 11.0. The van der Waals surface area contributed by atoms with E-state index in [2.05, 4.69) is 38.8 Å². The lowest BCUT2D eigenvalue weighted by Crippen LogP contribution is -2.13. The van der Waals surface area contributed by atoms with Crippen LogP contribution in [0.1, 0.15) is 25.0 Å². The summed E-state index contributed by atoms with van der Waals surface area (Å²) in [5.41, 5.74) is 5.61. The van der Waals surface area contributed by atoms with Gasteiger partial charge in [-0.1, -0.05) is 17.8 Å². The van der Waals surface area contributed by atoms with Crippen molar-refractivity contribution >= 4 is 28.1 Å². The molecule has 1 aromatic carbocycles. The highest BCUT2D eigenvalue weighted by molar-refractivity contribution is 5.81. The minimum Gasteiger partial charge on any atom is -0.514 e. The number of fused-ring (bicyclic) bond motifs is 1. The third kappa shape index (κ3) is 3.63. The summed E-state index contributed by atoms with van der Waals surface area (Å²) in [5.74, 6) is 0.852. The molecule has 2 heterocycles. The van der Waals surface area contributed by atoms with Gasteiger partial charge in [0.05, 0.1) is 18.0 Å². The Morgan fingerprint density at radius 1 is 1.30 bits per heavy atom. The van der Waals surface area contributed by atoms with E-state index in [1.807, 2.05) is 43.8 Å². The zero-order chi connectivity index (χ0) is 19.4. The maximum atomic E-state index is 9.52. The molecule has 3 aromatic rings. The SMILES string of the molecule is CC[N+]#CC(=CO)c1ccc(N(C)c2cc3c(cn2)ncn3C)c(CC)c1. The third-order valence-electron chi connectivity index (χ3n) is 4.56. The summed E-state index contributed by atoms with van der Waals surface area (Å²) in [6.45, 7) is 4.67. The van der Waals surface area contributed by atoms with Gasteiger partial charge in [-0.05, 0) is 24.1 Å². The molecule has 0 aliphatic heterocycles. The molecule has 0 saturated heterocycles. The van der Waals surface area contributed by atoms with Crippen LogP contribution in [0, 0.1) is 6.07 Å². The van der Waals surface area contributed by atoms with E-state index in [0.29, 0.717) is 12.1 Å². The Hall–Kier alpha value is -3.33. The van der Waals surface area contributed by atoms with Crippen LogP contribution in [0.3, 0.4) is 0 Å². The Bertz CT molecular complexity index is 1060. The second-order valence-corrected chi connectivity index (χ2v) is 6.27. The van der Waals surface area contributed by atoms with E-state index in [-0.39, 0.29) is 0 Å². The zero-order valence-corrected chi connectivity index (χ0v) is 16.1. The lowest BCUT2D eigenvalue weighted by Gasteiger charge is -2.22. The first-order chi connectivity index (χ1) is 13.1. The highest BCUT2D eigenvalue weighted by atomic mass is 16.2. The van der Waals surface area contributed by atoms with E-state index in [9.17, 15) is 5.11 Å². The molecule has 0 radical (unpaired) electrons. The number of aliphatic hydroxyl groups excluding tert-OH is 1. The summed E-state index contributed by atoms with van der Waals surface area (Å²) in [7, 11) is 3.98. The molecule has 27 heavy (non-hydrogen) atoms. The fourth-order valence-electron chi connectivity index (χ4n) is 3.02. The van der Waals surface area contributed by atoms with Crippen molar-refractivity contribution in [3.63, 3.8) is 0 Å². The van der Waals surface area contributed by atoms with Crippen molar-refractivity contribution in [1.82, 2.24) is 14.5 Å². The monoisotopic (exact) mass is 362 g/mol. The molecular weight excluding hydrogens is 338 g/mol. The highest BCUT2D eigenvalue weighted by Crippen LogP contribution is 2.30. The van der Waals surface area contributed by atoms with Crippen LogP contribution in [-0.2, 0) is 13.5 Å². The number of hydrogen-bond donors (Lipinski definition) is 1. The third-order valence-corrected chi connectivity index (χ3v) is 4.56. The summed E-state index contributed by atoms with van der Waals surface area (Å²) >= 11 is 0. The first-order valence-corrected chi connectivity index (χ1v) is 9.00. The van der Waals surface area contributed by atoms with Crippen molar-refractivity contribution in [2.24, 2.45) is 7.05 Å². The maximum Gasteiger partial charge on any atom is 0.314 e. The van der Waals surface area contributed by atoms with E-state index in [4.69, 9.17) is 0 Å². The Morgan fingerprint density at radius 2 is 2.11 bits per heavy atom. The van der Waals surface area contributed by atoms with Gasteiger partial charge < -0.3 is 14.6 Å². The van der Waals surface area contributed by atoms with Gasteiger partial charge >= 0.3 is 6.07 Å². The Balaban J connectivity index is 2.00.